The molecule has 0 fully saturated rings. The van der Waals surface area contributed by atoms with Crippen molar-refractivity contribution in [2.45, 2.75) is 97.3 Å². The molecule has 0 heterocycles. The van der Waals surface area contributed by atoms with E-state index in [1.807, 2.05) is 0 Å². The quantitative estimate of drug-likeness (QED) is 0.306. The second-order valence-corrected chi connectivity index (χ2v) is 8.55. The largest absolute Gasteiger partial charge is 0.309 e. The summed E-state index contributed by atoms with van der Waals surface area (Å²) in [6.07, 6.45) is 17.8. The monoisotopic (exact) mass is 365 g/mol. The van der Waals surface area contributed by atoms with Crippen LogP contribution in [0.4, 0.5) is 0 Å². The Labute approximate surface area is 152 Å². The molecule has 0 aliphatic rings. The van der Waals surface area contributed by atoms with Crippen molar-refractivity contribution in [1.29, 1.82) is 0 Å². The molecule has 0 radical (unpaired) electrons. The molecule has 0 amide bonds. The summed E-state index contributed by atoms with van der Waals surface area (Å²) in [5.41, 5.74) is 0. The van der Waals surface area contributed by atoms with Gasteiger partial charge < -0.3 is 4.90 Å². The average Bonchev–Trinajstić information content (AvgIpc) is 2.47. The summed E-state index contributed by atoms with van der Waals surface area (Å²) in [7, 11) is 0.656. The van der Waals surface area contributed by atoms with Crippen molar-refractivity contribution >= 4 is 10.1 Å². The lowest BCUT2D eigenvalue weighted by molar-refractivity contribution is 0.389. The first-order chi connectivity index (χ1) is 11.3. The smallest absolute Gasteiger partial charge is 0.264 e. The average molecular weight is 366 g/mol. The second-order valence-electron chi connectivity index (χ2n) is 6.98. The van der Waals surface area contributed by atoms with Crippen molar-refractivity contribution in [1.82, 2.24) is 4.90 Å². The summed E-state index contributed by atoms with van der Waals surface area (Å²) in [5.74, 6) is -0.132. The summed E-state index contributed by atoms with van der Waals surface area (Å²) in [5, 5.41) is 0. The summed E-state index contributed by atoms with van der Waals surface area (Å²) in [6.45, 7) is 5.24. The van der Waals surface area contributed by atoms with E-state index in [1.165, 1.54) is 83.6 Å². The van der Waals surface area contributed by atoms with Crippen LogP contribution in [0.25, 0.3) is 0 Å². The van der Waals surface area contributed by atoms with Crippen LogP contribution in [0.1, 0.15) is 97.3 Å². The molecule has 148 valence electrons. The molecule has 0 aromatic heterocycles. The van der Waals surface area contributed by atoms with Gasteiger partial charge in [0.25, 0.3) is 10.1 Å². The SMILES string of the molecule is CCCCCCCCCCCCCCN(C)C.CCCS(=O)(=O)O. The molecule has 4 nitrogen and oxygen atoms in total. The molecular formula is C19H43NO3S. The predicted molar refractivity (Wildman–Crippen MR) is 106 cm³/mol. The molecule has 0 spiro atoms. The molecule has 0 unspecified atom stereocenters. The number of hydrogen-bond donors (Lipinski definition) is 1. The first-order valence-corrected chi connectivity index (χ1v) is 11.5. The van der Waals surface area contributed by atoms with E-state index in [2.05, 4.69) is 25.9 Å². The molecule has 0 rings (SSSR count). The second kappa shape index (κ2) is 19.2. The summed E-state index contributed by atoms with van der Waals surface area (Å²) < 4.78 is 27.6. The Balaban J connectivity index is 0. The molecular weight excluding hydrogens is 322 g/mol. The lowest BCUT2D eigenvalue weighted by Crippen LogP contribution is -2.12. The molecule has 0 aliphatic carbocycles. The van der Waals surface area contributed by atoms with E-state index in [9.17, 15) is 8.42 Å². The van der Waals surface area contributed by atoms with E-state index in [1.54, 1.807) is 6.92 Å². The van der Waals surface area contributed by atoms with Gasteiger partial charge in [0.2, 0.25) is 0 Å². The van der Waals surface area contributed by atoms with E-state index in [0.717, 1.165) is 0 Å². The van der Waals surface area contributed by atoms with Gasteiger partial charge in [-0.1, -0.05) is 84.5 Å². The molecule has 5 heteroatoms. The maximum Gasteiger partial charge on any atom is 0.264 e. The Morgan fingerprint density at radius 2 is 1.04 bits per heavy atom. The zero-order valence-electron chi connectivity index (χ0n) is 16.7. The normalized spacial score (nSPS) is 11.4. The maximum atomic E-state index is 9.79. The highest BCUT2D eigenvalue weighted by atomic mass is 32.2. The molecule has 0 aromatic rings. The van der Waals surface area contributed by atoms with Gasteiger partial charge in [0.05, 0.1) is 5.75 Å². The molecule has 0 saturated heterocycles. The molecule has 0 aromatic carbocycles. The van der Waals surface area contributed by atoms with Crippen molar-refractivity contribution in [3.05, 3.63) is 0 Å². The van der Waals surface area contributed by atoms with Gasteiger partial charge in [0, 0.05) is 0 Å². The van der Waals surface area contributed by atoms with Gasteiger partial charge in [0.15, 0.2) is 0 Å². The summed E-state index contributed by atoms with van der Waals surface area (Å²) >= 11 is 0. The summed E-state index contributed by atoms with van der Waals surface area (Å²) in [4.78, 5) is 2.29. The third kappa shape index (κ3) is 29.8. The number of unbranched alkanes of at least 4 members (excludes halogenated alkanes) is 11. The third-order valence-electron chi connectivity index (χ3n) is 3.92. The number of hydrogen-bond acceptors (Lipinski definition) is 3. The van der Waals surface area contributed by atoms with Gasteiger partial charge in [-0.2, -0.15) is 8.42 Å². The van der Waals surface area contributed by atoms with Crippen molar-refractivity contribution in [3.8, 4) is 0 Å². The Kier molecular flexibility index (Phi) is 20.9. The van der Waals surface area contributed by atoms with Crippen molar-refractivity contribution in [3.63, 3.8) is 0 Å². The molecule has 0 bridgehead atoms. The third-order valence-corrected chi connectivity index (χ3v) is 4.85. The minimum atomic E-state index is -3.67. The highest BCUT2D eigenvalue weighted by Gasteiger charge is 1.98. The fraction of sp³-hybridized carbons (Fsp3) is 1.00. The van der Waals surface area contributed by atoms with Crippen molar-refractivity contribution in [2.75, 3.05) is 26.4 Å². The van der Waals surface area contributed by atoms with E-state index >= 15 is 0 Å². The van der Waals surface area contributed by atoms with Crippen LogP contribution in [-0.2, 0) is 10.1 Å². The fourth-order valence-electron chi connectivity index (χ4n) is 2.53. The topological polar surface area (TPSA) is 57.6 Å². The number of rotatable bonds is 15. The summed E-state index contributed by atoms with van der Waals surface area (Å²) in [6, 6.07) is 0. The zero-order valence-corrected chi connectivity index (χ0v) is 17.5. The predicted octanol–water partition coefficient (Wildman–Crippen LogP) is 5.53. The van der Waals surface area contributed by atoms with Crippen molar-refractivity contribution in [2.24, 2.45) is 0 Å². The minimum absolute atomic E-state index is 0.132. The van der Waals surface area contributed by atoms with Crippen LogP contribution in [-0.4, -0.2) is 44.3 Å². The minimum Gasteiger partial charge on any atom is -0.309 e. The fourth-order valence-corrected chi connectivity index (χ4v) is 3.04. The van der Waals surface area contributed by atoms with Crippen LogP contribution in [0.2, 0.25) is 0 Å². The highest BCUT2D eigenvalue weighted by Crippen LogP contribution is 2.11. The van der Waals surface area contributed by atoms with E-state index in [-0.39, 0.29) is 5.75 Å². The van der Waals surface area contributed by atoms with Crippen LogP contribution in [0.15, 0.2) is 0 Å². The maximum absolute atomic E-state index is 9.79. The Morgan fingerprint density at radius 3 is 1.29 bits per heavy atom. The van der Waals surface area contributed by atoms with Crippen molar-refractivity contribution < 1.29 is 13.0 Å². The van der Waals surface area contributed by atoms with Crippen LogP contribution in [0.3, 0.4) is 0 Å². The van der Waals surface area contributed by atoms with Gasteiger partial charge in [0.1, 0.15) is 0 Å². The van der Waals surface area contributed by atoms with Gasteiger partial charge in [-0.05, 0) is 33.5 Å². The Bertz CT molecular complexity index is 330. The molecule has 0 saturated carbocycles. The lowest BCUT2D eigenvalue weighted by Gasteiger charge is -2.08. The van der Waals surface area contributed by atoms with Crippen LogP contribution in [0.5, 0.6) is 0 Å². The Morgan fingerprint density at radius 1 is 0.667 bits per heavy atom. The van der Waals surface area contributed by atoms with Crippen LogP contribution < -0.4 is 0 Å². The molecule has 0 atom stereocenters. The molecule has 24 heavy (non-hydrogen) atoms. The molecule has 0 aliphatic heterocycles. The first-order valence-electron chi connectivity index (χ1n) is 9.93. The van der Waals surface area contributed by atoms with Gasteiger partial charge in [-0.3, -0.25) is 4.55 Å². The lowest BCUT2D eigenvalue weighted by atomic mass is 10.1. The standard InChI is InChI=1S/C16H35N.C3H8O3S/c1-4-5-6-7-8-9-10-11-12-13-14-15-16-17(2)3;1-2-3-7(4,5)6/h4-16H2,1-3H3;2-3H2,1H3,(H,4,5,6). The van der Waals surface area contributed by atoms with Gasteiger partial charge >= 0.3 is 0 Å². The van der Waals surface area contributed by atoms with E-state index in [4.69, 9.17) is 4.55 Å². The highest BCUT2D eigenvalue weighted by molar-refractivity contribution is 7.85. The van der Waals surface area contributed by atoms with E-state index < -0.39 is 10.1 Å². The van der Waals surface area contributed by atoms with Crippen LogP contribution in [0, 0.1) is 0 Å². The van der Waals surface area contributed by atoms with E-state index in [0.29, 0.717) is 6.42 Å². The number of nitrogens with zero attached hydrogens (tertiary/aromatic N) is 1. The van der Waals surface area contributed by atoms with Gasteiger partial charge in [-0.25, -0.2) is 0 Å². The van der Waals surface area contributed by atoms with Gasteiger partial charge in [-0.15, -0.1) is 0 Å². The van der Waals surface area contributed by atoms with Crippen LogP contribution >= 0.6 is 0 Å². The first kappa shape index (κ1) is 26.1. The molecule has 1 N–H and O–H groups in total. The zero-order chi connectivity index (χ0) is 18.7. The Hall–Kier alpha value is -0.130.